The van der Waals surface area contributed by atoms with Crippen molar-refractivity contribution in [2.45, 2.75) is 18.3 Å². The first-order chi connectivity index (χ1) is 11.5. The van der Waals surface area contributed by atoms with Gasteiger partial charge in [-0.1, -0.05) is 24.3 Å². The van der Waals surface area contributed by atoms with E-state index in [0.717, 1.165) is 11.3 Å². The summed E-state index contributed by atoms with van der Waals surface area (Å²) in [5.74, 6) is 0.339. The number of thioether (sulfide) groups is 1. The summed E-state index contributed by atoms with van der Waals surface area (Å²) in [7, 11) is 0. The number of rotatable bonds is 4. The number of hydrogen-bond donors (Lipinski definition) is 2. The number of carbonyl (C=O) groups is 2. The largest absolute Gasteiger partial charge is 0.466 e. The Kier molecular flexibility index (Phi) is 4.49. The maximum Gasteiger partial charge on any atom is 0.278 e. The summed E-state index contributed by atoms with van der Waals surface area (Å²) in [4.78, 5) is 25.1. The van der Waals surface area contributed by atoms with Crippen LogP contribution in [-0.2, 0) is 15.3 Å². The summed E-state index contributed by atoms with van der Waals surface area (Å²) in [5, 5.41) is 5.50. The number of hydrogen-bond acceptors (Lipinski definition) is 4. The predicted octanol–water partition coefficient (Wildman–Crippen LogP) is 3.28. The van der Waals surface area contributed by atoms with Gasteiger partial charge in [0.25, 0.3) is 17.4 Å². The number of anilines is 2. The van der Waals surface area contributed by atoms with Crippen LogP contribution >= 0.6 is 11.8 Å². The van der Waals surface area contributed by atoms with Crippen molar-refractivity contribution >= 4 is 35.0 Å². The molecule has 124 valence electrons. The molecular formula is C18H18N2O3S. The van der Waals surface area contributed by atoms with Gasteiger partial charge in [0.1, 0.15) is 5.75 Å². The van der Waals surface area contributed by atoms with Crippen molar-refractivity contribution in [3.63, 3.8) is 0 Å². The van der Waals surface area contributed by atoms with Gasteiger partial charge in [-0.15, -0.1) is 0 Å². The highest BCUT2D eigenvalue weighted by molar-refractivity contribution is 7.97. The molecule has 1 unspecified atom stereocenters. The number of benzene rings is 2. The molecule has 2 N–H and O–H groups in total. The zero-order valence-electron chi connectivity index (χ0n) is 13.5. The van der Waals surface area contributed by atoms with Crippen molar-refractivity contribution in [1.82, 2.24) is 0 Å². The van der Waals surface area contributed by atoms with Crippen molar-refractivity contribution in [3.05, 3.63) is 54.1 Å². The van der Waals surface area contributed by atoms with Crippen LogP contribution in [0.2, 0.25) is 0 Å². The van der Waals surface area contributed by atoms with Crippen molar-refractivity contribution in [3.8, 4) is 5.75 Å². The van der Waals surface area contributed by atoms with Crippen LogP contribution in [-0.4, -0.2) is 23.7 Å². The Morgan fingerprint density at radius 3 is 2.83 bits per heavy atom. The lowest BCUT2D eigenvalue weighted by Gasteiger charge is -2.33. The van der Waals surface area contributed by atoms with Gasteiger partial charge >= 0.3 is 0 Å². The number of carbonyl (C=O) groups excluding carboxylic acids is 2. The number of fused-ring (bicyclic) bond motifs is 1. The van der Waals surface area contributed by atoms with Crippen LogP contribution in [0.3, 0.4) is 0 Å². The van der Waals surface area contributed by atoms with E-state index >= 15 is 0 Å². The lowest BCUT2D eigenvalue weighted by molar-refractivity contribution is -0.143. The summed E-state index contributed by atoms with van der Waals surface area (Å²) < 4.78 is 5.72. The van der Waals surface area contributed by atoms with E-state index in [1.807, 2.05) is 24.5 Å². The molecule has 1 aliphatic heterocycles. The first kappa shape index (κ1) is 16.4. The Bertz CT molecular complexity index is 793. The monoisotopic (exact) mass is 342 g/mol. The van der Waals surface area contributed by atoms with Crippen molar-refractivity contribution in [2.24, 2.45) is 0 Å². The number of ether oxygens (including phenoxy) is 1. The summed E-state index contributed by atoms with van der Waals surface area (Å²) in [5.41, 5.74) is 0.687. The molecule has 0 saturated carbocycles. The van der Waals surface area contributed by atoms with Crippen molar-refractivity contribution < 1.29 is 14.3 Å². The average Bonchev–Trinajstić information content (AvgIpc) is 2.56. The minimum atomic E-state index is -1.62. The highest BCUT2D eigenvalue weighted by Gasteiger charge is 2.47. The van der Waals surface area contributed by atoms with Gasteiger partial charge in [0.2, 0.25) is 0 Å². The van der Waals surface area contributed by atoms with Crippen LogP contribution in [0.4, 0.5) is 11.4 Å². The Morgan fingerprint density at radius 2 is 2.04 bits per heavy atom. The molecule has 0 fully saturated rings. The lowest BCUT2D eigenvalue weighted by Crippen LogP contribution is -2.56. The van der Waals surface area contributed by atoms with Gasteiger partial charge in [-0.3, -0.25) is 9.59 Å². The minimum absolute atomic E-state index is 0.478. The van der Waals surface area contributed by atoms with Gasteiger partial charge in [0.15, 0.2) is 0 Å². The van der Waals surface area contributed by atoms with Crippen LogP contribution in [0.5, 0.6) is 5.75 Å². The maximum absolute atomic E-state index is 12.7. The predicted molar refractivity (Wildman–Crippen MR) is 96.4 cm³/mol. The highest BCUT2D eigenvalue weighted by Crippen LogP contribution is 2.33. The van der Waals surface area contributed by atoms with Crippen LogP contribution in [0.1, 0.15) is 12.5 Å². The number of nitrogens with one attached hydrogen (secondary N) is 2. The fourth-order valence-corrected chi connectivity index (χ4v) is 2.99. The third-order valence-electron chi connectivity index (χ3n) is 3.81. The molecule has 5 nitrogen and oxygen atoms in total. The van der Waals surface area contributed by atoms with Gasteiger partial charge in [-0.05, 0) is 43.0 Å². The molecule has 1 aliphatic rings. The summed E-state index contributed by atoms with van der Waals surface area (Å²) in [6, 6.07) is 14.6. The van der Waals surface area contributed by atoms with E-state index in [1.165, 1.54) is 6.92 Å². The molecule has 0 aliphatic carbocycles. The van der Waals surface area contributed by atoms with Gasteiger partial charge in [0, 0.05) is 11.4 Å². The quantitative estimate of drug-likeness (QED) is 0.837. The van der Waals surface area contributed by atoms with E-state index in [-0.39, 0.29) is 0 Å². The zero-order chi connectivity index (χ0) is 17.2. The maximum atomic E-state index is 12.7. The number of amides is 2. The van der Waals surface area contributed by atoms with E-state index in [4.69, 9.17) is 4.74 Å². The Balaban J connectivity index is 1.81. The Labute approximate surface area is 144 Å². The molecule has 0 aromatic heterocycles. The van der Waals surface area contributed by atoms with E-state index in [0.29, 0.717) is 17.1 Å². The number of para-hydroxylation sites is 2. The van der Waals surface area contributed by atoms with Crippen molar-refractivity contribution in [1.29, 1.82) is 0 Å². The molecule has 2 aromatic carbocycles. The molecule has 6 heteroatoms. The molecule has 1 atom stereocenters. The summed E-state index contributed by atoms with van der Waals surface area (Å²) in [6.07, 6.45) is 2.02. The smallest absolute Gasteiger partial charge is 0.278 e. The van der Waals surface area contributed by atoms with Crippen molar-refractivity contribution in [2.75, 3.05) is 16.9 Å². The van der Waals surface area contributed by atoms with Gasteiger partial charge in [-0.25, -0.2) is 0 Å². The Morgan fingerprint density at radius 1 is 1.25 bits per heavy atom. The van der Waals surface area contributed by atoms with E-state index < -0.39 is 17.4 Å². The fraction of sp³-hybridized carbons (Fsp3) is 0.222. The highest BCUT2D eigenvalue weighted by atomic mass is 32.2. The first-order valence-corrected chi connectivity index (χ1v) is 8.91. The lowest BCUT2D eigenvalue weighted by atomic mass is 10.0. The molecule has 2 amide bonds. The van der Waals surface area contributed by atoms with Gasteiger partial charge < -0.3 is 15.4 Å². The van der Waals surface area contributed by atoms with E-state index in [9.17, 15) is 9.59 Å². The van der Waals surface area contributed by atoms with Crippen LogP contribution in [0, 0.1) is 0 Å². The van der Waals surface area contributed by atoms with Crippen LogP contribution in [0.25, 0.3) is 0 Å². The van der Waals surface area contributed by atoms with E-state index in [1.54, 1.807) is 42.1 Å². The van der Waals surface area contributed by atoms with Crippen LogP contribution < -0.4 is 15.4 Å². The second-order valence-corrected chi connectivity index (χ2v) is 6.54. The van der Waals surface area contributed by atoms with Gasteiger partial charge in [-0.2, -0.15) is 11.8 Å². The van der Waals surface area contributed by atoms with Gasteiger partial charge in [0.05, 0.1) is 5.69 Å². The third kappa shape index (κ3) is 3.10. The summed E-state index contributed by atoms with van der Waals surface area (Å²) in [6.45, 7) is 1.47. The minimum Gasteiger partial charge on any atom is -0.466 e. The molecule has 24 heavy (non-hydrogen) atoms. The fourth-order valence-electron chi connectivity index (χ4n) is 2.47. The molecule has 0 bridgehead atoms. The molecule has 0 radical (unpaired) electrons. The standard InChI is InChI=1S/C18H18N2O3S/c1-18(17(22)20-14-8-3-4-9-15(14)23-18)16(21)19-13-7-5-6-12(10-13)11-24-2/h3-10H,11H2,1-2H3,(H,19,21)(H,20,22). The SMILES string of the molecule is CSCc1cccc(NC(=O)C2(C)Oc3ccccc3NC2=O)c1. The summed E-state index contributed by atoms with van der Waals surface area (Å²) >= 11 is 1.70. The normalized spacial score (nSPS) is 19.0. The average molecular weight is 342 g/mol. The molecule has 0 saturated heterocycles. The van der Waals surface area contributed by atoms with Crippen LogP contribution in [0.15, 0.2) is 48.5 Å². The Hall–Kier alpha value is -2.47. The third-order valence-corrected chi connectivity index (χ3v) is 4.43. The molecular weight excluding hydrogens is 324 g/mol. The second-order valence-electron chi connectivity index (χ2n) is 5.67. The molecule has 2 aromatic rings. The second kappa shape index (κ2) is 6.57. The molecule has 1 heterocycles. The molecule has 0 spiro atoms. The molecule has 3 rings (SSSR count). The zero-order valence-corrected chi connectivity index (χ0v) is 14.3. The first-order valence-electron chi connectivity index (χ1n) is 7.52. The topological polar surface area (TPSA) is 67.4 Å². The van der Waals surface area contributed by atoms with E-state index in [2.05, 4.69) is 10.6 Å².